The molecule has 6 nitrogen and oxygen atoms in total. The molecule has 0 radical (unpaired) electrons. The quantitative estimate of drug-likeness (QED) is 0.755. The van der Waals surface area contributed by atoms with E-state index in [1.165, 1.54) is 12.1 Å². The monoisotopic (exact) mass is 351 g/mol. The van der Waals surface area contributed by atoms with E-state index in [4.69, 9.17) is 5.73 Å². The summed E-state index contributed by atoms with van der Waals surface area (Å²) in [5, 5.41) is 3.88. The van der Waals surface area contributed by atoms with E-state index in [9.17, 15) is 9.18 Å². The lowest BCUT2D eigenvalue weighted by Crippen LogP contribution is -2.33. The first-order valence-corrected chi connectivity index (χ1v) is 8.42. The summed E-state index contributed by atoms with van der Waals surface area (Å²) in [4.78, 5) is 23.1. The fourth-order valence-corrected chi connectivity index (χ4v) is 3.16. The summed E-state index contributed by atoms with van der Waals surface area (Å²) in [7, 11) is 0. The predicted molar refractivity (Wildman–Crippen MR) is 97.8 cm³/mol. The Morgan fingerprint density at radius 1 is 1.15 bits per heavy atom. The van der Waals surface area contributed by atoms with Crippen molar-refractivity contribution in [1.82, 2.24) is 14.9 Å². The van der Waals surface area contributed by atoms with Crippen LogP contribution in [0.3, 0.4) is 0 Å². The molecule has 1 amide bonds. The van der Waals surface area contributed by atoms with Crippen molar-refractivity contribution in [3.63, 3.8) is 0 Å². The highest BCUT2D eigenvalue weighted by Gasteiger charge is 2.32. The second-order valence-electron chi connectivity index (χ2n) is 6.32. The fourth-order valence-electron chi connectivity index (χ4n) is 3.16. The Hall–Kier alpha value is -3.22. The van der Waals surface area contributed by atoms with Crippen LogP contribution in [-0.2, 0) is 11.3 Å². The summed E-state index contributed by atoms with van der Waals surface area (Å²) in [6.45, 7) is 1.08. The lowest BCUT2D eigenvalue weighted by molar-refractivity contribution is -0.128. The Bertz CT molecular complexity index is 960. The number of likely N-dealkylation sites (tertiary alicyclic amines) is 1. The van der Waals surface area contributed by atoms with Crippen molar-refractivity contribution >= 4 is 28.6 Å². The number of amides is 1. The summed E-state index contributed by atoms with van der Waals surface area (Å²) in [5.74, 6) is 0.423. The third kappa shape index (κ3) is 3.15. The van der Waals surface area contributed by atoms with E-state index in [0.29, 0.717) is 31.3 Å². The number of halogens is 1. The lowest BCUT2D eigenvalue weighted by Gasteiger charge is -2.17. The molecule has 3 aromatic rings. The zero-order valence-corrected chi connectivity index (χ0v) is 14.0. The van der Waals surface area contributed by atoms with Gasteiger partial charge >= 0.3 is 0 Å². The third-order valence-electron chi connectivity index (χ3n) is 4.52. The largest absolute Gasteiger partial charge is 0.383 e. The van der Waals surface area contributed by atoms with Crippen LogP contribution in [0.1, 0.15) is 12.0 Å². The number of hydrogen-bond donors (Lipinski definition) is 2. The summed E-state index contributed by atoms with van der Waals surface area (Å²) >= 11 is 0. The van der Waals surface area contributed by atoms with Gasteiger partial charge in [0.05, 0.1) is 5.52 Å². The van der Waals surface area contributed by atoms with Gasteiger partial charge in [0.1, 0.15) is 17.7 Å². The smallest absolute Gasteiger partial charge is 0.245 e. The van der Waals surface area contributed by atoms with Gasteiger partial charge in [0, 0.05) is 18.5 Å². The van der Waals surface area contributed by atoms with Gasteiger partial charge in [0.25, 0.3) is 0 Å². The number of fused-ring (bicyclic) bond motifs is 1. The Morgan fingerprint density at radius 3 is 2.73 bits per heavy atom. The van der Waals surface area contributed by atoms with Gasteiger partial charge in [-0.1, -0.05) is 24.3 Å². The molecule has 26 heavy (non-hydrogen) atoms. The van der Waals surface area contributed by atoms with E-state index in [2.05, 4.69) is 15.3 Å². The molecule has 1 aromatic heterocycles. The molecule has 1 fully saturated rings. The summed E-state index contributed by atoms with van der Waals surface area (Å²) < 4.78 is 13.0. The van der Waals surface area contributed by atoms with Crippen LogP contribution in [0.15, 0.2) is 48.5 Å². The first kappa shape index (κ1) is 16.3. The number of rotatable bonds is 4. The number of nitrogens with one attached hydrogen (secondary N) is 1. The Labute approximate surface area is 149 Å². The Morgan fingerprint density at radius 2 is 1.92 bits per heavy atom. The standard InChI is InChI=1S/C19H18FN5O/c20-13-7-5-12(6-8-13)11-25-10-9-16(18(25)26)23-19-22-15-4-2-1-3-14(15)17(21)24-19/h1-8,16H,9-11H2,(H3,21,22,23,24). The Kier molecular flexibility index (Phi) is 4.12. The number of nitrogens with zero attached hydrogens (tertiary/aromatic N) is 3. The van der Waals surface area contributed by atoms with Crippen molar-refractivity contribution in [1.29, 1.82) is 0 Å². The fraction of sp³-hybridized carbons (Fsp3) is 0.211. The summed E-state index contributed by atoms with van der Waals surface area (Å²) in [6.07, 6.45) is 0.649. The van der Waals surface area contributed by atoms with Gasteiger partial charge in [-0.3, -0.25) is 4.79 Å². The van der Waals surface area contributed by atoms with E-state index in [1.54, 1.807) is 17.0 Å². The average molecular weight is 351 g/mol. The topological polar surface area (TPSA) is 84.1 Å². The van der Waals surface area contributed by atoms with Crippen molar-refractivity contribution in [3.8, 4) is 0 Å². The van der Waals surface area contributed by atoms with E-state index in [1.807, 2.05) is 24.3 Å². The molecule has 1 aliphatic heterocycles. The minimum atomic E-state index is -0.393. The van der Waals surface area contributed by atoms with Gasteiger partial charge in [-0.2, -0.15) is 4.98 Å². The molecule has 1 unspecified atom stereocenters. The van der Waals surface area contributed by atoms with Crippen molar-refractivity contribution in [2.24, 2.45) is 0 Å². The van der Waals surface area contributed by atoms with Crippen molar-refractivity contribution in [3.05, 3.63) is 59.9 Å². The van der Waals surface area contributed by atoms with Crippen LogP contribution in [0.4, 0.5) is 16.2 Å². The number of carbonyl (C=O) groups is 1. The zero-order valence-electron chi connectivity index (χ0n) is 14.0. The summed E-state index contributed by atoms with van der Waals surface area (Å²) in [6, 6.07) is 13.3. The second kappa shape index (κ2) is 6.59. The van der Waals surface area contributed by atoms with Gasteiger partial charge in [0.15, 0.2) is 0 Å². The van der Waals surface area contributed by atoms with Crippen molar-refractivity contribution in [2.75, 3.05) is 17.6 Å². The van der Waals surface area contributed by atoms with Crippen LogP contribution in [0.2, 0.25) is 0 Å². The first-order valence-electron chi connectivity index (χ1n) is 8.42. The van der Waals surface area contributed by atoms with Crippen LogP contribution in [0.25, 0.3) is 10.9 Å². The van der Waals surface area contributed by atoms with Crippen LogP contribution in [0, 0.1) is 5.82 Å². The van der Waals surface area contributed by atoms with Gasteiger partial charge in [0.2, 0.25) is 11.9 Å². The molecule has 7 heteroatoms. The minimum Gasteiger partial charge on any atom is -0.383 e. The molecular weight excluding hydrogens is 333 g/mol. The maximum Gasteiger partial charge on any atom is 0.245 e. The number of nitrogens with two attached hydrogens (primary N) is 1. The zero-order chi connectivity index (χ0) is 18.1. The minimum absolute atomic E-state index is 0.0235. The molecule has 2 heterocycles. The van der Waals surface area contributed by atoms with Crippen LogP contribution in [-0.4, -0.2) is 33.4 Å². The third-order valence-corrected chi connectivity index (χ3v) is 4.52. The second-order valence-corrected chi connectivity index (χ2v) is 6.32. The number of hydrogen-bond acceptors (Lipinski definition) is 5. The number of anilines is 2. The number of carbonyl (C=O) groups excluding carboxylic acids is 1. The molecular formula is C19H18FN5O. The highest BCUT2D eigenvalue weighted by Crippen LogP contribution is 2.22. The SMILES string of the molecule is Nc1nc(NC2CCN(Cc3ccc(F)cc3)C2=O)nc2ccccc12. The summed E-state index contributed by atoms with van der Waals surface area (Å²) in [5.41, 5.74) is 7.62. The van der Waals surface area contributed by atoms with Gasteiger partial charge in [-0.15, -0.1) is 0 Å². The maximum atomic E-state index is 13.0. The van der Waals surface area contributed by atoms with E-state index >= 15 is 0 Å². The first-order chi connectivity index (χ1) is 12.6. The molecule has 132 valence electrons. The van der Waals surface area contributed by atoms with E-state index in [-0.39, 0.29) is 11.7 Å². The predicted octanol–water partition coefficient (Wildman–Crippen LogP) is 2.56. The lowest BCUT2D eigenvalue weighted by atomic mass is 10.2. The number of aromatic nitrogens is 2. The molecule has 2 aromatic carbocycles. The molecule has 0 saturated carbocycles. The average Bonchev–Trinajstić information content (AvgIpc) is 2.97. The van der Waals surface area contributed by atoms with Crippen molar-refractivity contribution < 1.29 is 9.18 Å². The van der Waals surface area contributed by atoms with Gasteiger partial charge in [-0.05, 0) is 36.2 Å². The maximum absolute atomic E-state index is 13.0. The molecule has 0 spiro atoms. The Balaban J connectivity index is 1.48. The van der Waals surface area contributed by atoms with Crippen molar-refractivity contribution in [2.45, 2.75) is 19.0 Å². The highest BCUT2D eigenvalue weighted by atomic mass is 19.1. The number of nitrogen functional groups attached to an aromatic ring is 1. The number of para-hydroxylation sites is 1. The molecule has 0 bridgehead atoms. The van der Waals surface area contributed by atoms with E-state index in [0.717, 1.165) is 16.5 Å². The molecule has 1 atom stereocenters. The molecule has 1 saturated heterocycles. The number of benzene rings is 2. The molecule has 4 rings (SSSR count). The highest BCUT2D eigenvalue weighted by molar-refractivity contribution is 5.90. The van der Waals surface area contributed by atoms with Crippen LogP contribution in [0.5, 0.6) is 0 Å². The molecule has 0 aliphatic carbocycles. The van der Waals surface area contributed by atoms with Crippen LogP contribution < -0.4 is 11.1 Å². The van der Waals surface area contributed by atoms with Gasteiger partial charge in [-0.25, -0.2) is 9.37 Å². The van der Waals surface area contributed by atoms with E-state index < -0.39 is 6.04 Å². The molecule has 3 N–H and O–H groups in total. The normalized spacial score (nSPS) is 17.0. The molecule has 1 aliphatic rings. The van der Waals surface area contributed by atoms with Gasteiger partial charge < -0.3 is 16.0 Å². The van der Waals surface area contributed by atoms with Crippen LogP contribution >= 0.6 is 0 Å².